The van der Waals surface area contributed by atoms with Crippen molar-refractivity contribution < 1.29 is 9.22 Å². The lowest BCUT2D eigenvalue weighted by molar-refractivity contribution is -0.128. The van der Waals surface area contributed by atoms with E-state index in [-0.39, 0.29) is 17.1 Å². The van der Waals surface area contributed by atoms with Crippen LogP contribution in [0.5, 0.6) is 0 Å². The van der Waals surface area contributed by atoms with Gasteiger partial charge in [0.25, 0.3) is 0 Å². The smallest absolute Gasteiger partial charge is 0.192 e. The van der Waals surface area contributed by atoms with Gasteiger partial charge in [-0.25, -0.2) is 0 Å². The Labute approximate surface area is 114 Å². The molecular weight excluding hydrogens is 240 g/mol. The van der Waals surface area contributed by atoms with E-state index >= 15 is 0 Å². The van der Waals surface area contributed by atoms with Gasteiger partial charge in [0.15, 0.2) is 8.32 Å². The van der Waals surface area contributed by atoms with E-state index in [4.69, 9.17) is 4.43 Å². The van der Waals surface area contributed by atoms with Crippen LogP contribution in [0.15, 0.2) is 0 Å². The van der Waals surface area contributed by atoms with Crippen molar-refractivity contribution in [1.82, 2.24) is 0 Å². The molecule has 0 N–H and O–H groups in total. The van der Waals surface area contributed by atoms with Gasteiger partial charge in [0.2, 0.25) is 0 Å². The van der Waals surface area contributed by atoms with Crippen LogP contribution in [-0.4, -0.2) is 20.2 Å². The number of carbonyl (C=O) groups is 1. The van der Waals surface area contributed by atoms with Crippen LogP contribution in [-0.2, 0) is 9.22 Å². The minimum absolute atomic E-state index is 0.152. The number of hydrogen-bond donors (Lipinski definition) is 0. The highest BCUT2D eigenvalue weighted by molar-refractivity contribution is 6.74. The average Bonchev–Trinajstić information content (AvgIpc) is 2.25. The Bertz CT molecular complexity index is 291. The van der Waals surface area contributed by atoms with Crippen molar-refractivity contribution in [3.8, 4) is 0 Å². The average molecular weight is 270 g/mol. The van der Waals surface area contributed by atoms with Gasteiger partial charge in [-0.1, -0.05) is 34.1 Å². The number of rotatable bonds is 4. The van der Waals surface area contributed by atoms with Gasteiger partial charge < -0.3 is 4.43 Å². The molecule has 0 aromatic carbocycles. The molecule has 0 bridgehead atoms. The minimum Gasteiger partial charge on any atom is -0.413 e. The Morgan fingerprint density at radius 2 is 1.94 bits per heavy atom. The summed E-state index contributed by atoms with van der Waals surface area (Å²) in [5.74, 6) is 0.602. The molecule has 0 spiro atoms. The van der Waals surface area contributed by atoms with E-state index in [0.29, 0.717) is 5.78 Å². The molecule has 1 aliphatic rings. The third-order valence-electron chi connectivity index (χ3n) is 4.71. The molecule has 1 rings (SSSR count). The maximum Gasteiger partial charge on any atom is 0.192 e. The number of hydrogen-bond acceptors (Lipinski definition) is 2. The maximum atomic E-state index is 12.1. The first-order valence-corrected chi connectivity index (χ1v) is 10.3. The summed E-state index contributed by atoms with van der Waals surface area (Å²) in [6.07, 6.45) is 5.18. The molecule has 0 aromatic heterocycles. The van der Waals surface area contributed by atoms with Crippen LogP contribution in [0.1, 0.15) is 59.8 Å². The standard InChI is InChI=1S/C15H30O2Si/c1-7-14(12-10-8-9-11-13(12)16)17-18(5,6)15(2,3)4/h12,14H,7-11H2,1-6H3/t12?,14-/m0/s1. The third-order valence-corrected chi connectivity index (χ3v) is 9.21. The zero-order chi connectivity index (χ0) is 14.0. The second-order valence-corrected chi connectivity index (χ2v) is 11.9. The van der Waals surface area contributed by atoms with E-state index in [1.54, 1.807) is 0 Å². The van der Waals surface area contributed by atoms with Gasteiger partial charge in [-0.05, 0) is 37.4 Å². The number of ketones is 1. The van der Waals surface area contributed by atoms with E-state index in [1.165, 1.54) is 6.42 Å². The summed E-state index contributed by atoms with van der Waals surface area (Å²) in [5.41, 5.74) is 0. The van der Waals surface area contributed by atoms with E-state index < -0.39 is 8.32 Å². The van der Waals surface area contributed by atoms with Gasteiger partial charge in [0, 0.05) is 12.3 Å². The Morgan fingerprint density at radius 3 is 2.39 bits per heavy atom. The van der Waals surface area contributed by atoms with Gasteiger partial charge in [0.1, 0.15) is 5.78 Å². The Hall–Kier alpha value is -0.153. The highest BCUT2D eigenvalue weighted by Gasteiger charge is 2.41. The molecule has 2 atom stereocenters. The molecule has 0 aliphatic heterocycles. The van der Waals surface area contributed by atoms with Crippen LogP contribution in [0.3, 0.4) is 0 Å². The lowest BCUT2D eigenvalue weighted by atomic mass is 9.83. The SMILES string of the molecule is CC[C@H](O[Si](C)(C)C(C)(C)C)C1CCCCC1=O. The first-order chi connectivity index (χ1) is 8.19. The summed E-state index contributed by atoms with van der Waals surface area (Å²) >= 11 is 0. The summed E-state index contributed by atoms with van der Waals surface area (Å²) in [6.45, 7) is 13.5. The Morgan fingerprint density at radius 1 is 1.33 bits per heavy atom. The van der Waals surface area contributed by atoms with E-state index in [1.807, 2.05) is 0 Å². The van der Waals surface area contributed by atoms with Crippen LogP contribution in [0.25, 0.3) is 0 Å². The van der Waals surface area contributed by atoms with E-state index in [0.717, 1.165) is 25.7 Å². The fraction of sp³-hybridized carbons (Fsp3) is 0.933. The van der Waals surface area contributed by atoms with Gasteiger partial charge in [-0.2, -0.15) is 0 Å². The maximum absolute atomic E-state index is 12.1. The van der Waals surface area contributed by atoms with Crippen LogP contribution in [0.2, 0.25) is 18.1 Å². The largest absolute Gasteiger partial charge is 0.413 e. The highest BCUT2D eigenvalue weighted by atomic mass is 28.4. The zero-order valence-electron chi connectivity index (χ0n) is 13.0. The van der Waals surface area contributed by atoms with Gasteiger partial charge in [0.05, 0.1) is 6.10 Å². The molecule has 3 heteroatoms. The number of Topliss-reactive ketones (excluding diaryl/α,β-unsaturated/α-hetero) is 1. The second kappa shape index (κ2) is 5.87. The van der Waals surface area contributed by atoms with Crippen molar-refractivity contribution in [3.05, 3.63) is 0 Å². The topological polar surface area (TPSA) is 26.3 Å². The molecule has 18 heavy (non-hydrogen) atoms. The van der Waals surface area contributed by atoms with Gasteiger partial charge >= 0.3 is 0 Å². The summed E-state index contributed by atoms with van der Waals surface area (Å²) in [4.78, 5) is 12.1. The quantitative estimate of drug-likeness (QED) is 0.701. The predicted molar refractivity (Wildman–Crippen MR) is 79.3 cm³/mol. The summed E-state index contributed by atoms with van der Waals surface area (Å²) in [6, 6.07) is 0. The summed E-state index contributed by atoms with van der Waals surface area (Å²) in [7, 11) is -1.75. The number of carbonyl (C=O) groups excluding carboxylic acids is 1. The van der Waals surface area contributed by atoms with Crippen molar-refractivity contribution in [2.24, 2.45) is 5.92 Å². The van der Waals surface area contributed by atoms with Crippen LogP contribution >= 0.6 is 0 Å². The van der Waals surface area contributed by atoms with Gasteiger partial charge in [-0.15, -0.1) is 0 Å². The van der Waals surface area contributed by atoms with Crippen molar-refractivity contribution in [3.63, 3.8) is 0 Å². The molecule has 106 valence electrons. The molecule has 1 fully saturated rings. The molecule has 0 amide bonds. The molecule has 2 nitrogen and oxygen atoms in total. The third kappa shape index (κ3) is 3.67. The summed E-state index contributed by atoms with van der Waals surface area (Å²) in [5, 5.41) is 0.220. The molecule has 1 unspecified atom stereocenters. The monoisotopic (exact) mass is 270 g/mol. The molecule has 1 aliphatic carbocycles. The predicted octanol–water partition coefficient (Wildman–Crippen LogP) is 4.55. The Balaban J connectivity index is 2.75. The molecular formula is C15H30O2Si. The van der Waals surface area contributed by atoms with Crippen molar-refractivity contribution in [1.29, 1.82) is 0 Å². The van der Waals surface area contributed by atoms with Crippen LogP contribution < -0.4 is 0 Å². The lowest BCUT2D eigenvalue weighted by Gasteiger charge is -2.41. The molecule has 1 saturated carbocycles. The van der Waals surface area contributed by atoms with Gasteiger partial charge in [-0.3, -0.25) is 4.79 Å². The molecule has 0 saturated heterocycles. The minimum atomic E-state index is -1.75. The van der Waals surface area contributed by atoms with Crippen molar-refractivity contribution in [2.45, 2.75) is 84.0 Å². The van der Waals surface area contributed by atoms with Crippen LogP contribution in [0.4, 0.5) is 0 Å². The summed E-state index contributed by atoms with van der Waals surface area (Å²) < 4.78 is 6.48. The lowest BCUT2D eigenvalue weighted by Crippen LogP contribution is -2.47. The first-order valence-electron chi connectivity index (χ1n) is 7.39. The molecule has 0 heterocycles. The van der Waals surface area contributed by atoms with Crippen LogP contribution in [0, 0.1) is 5.92 Å². The normalized spacial score (nSPS) is 24.1. The first kappa shape index (κ1) is 15.9. The van der Waals surface area contributed by atoms with Crippen molar-refractivity contribution >= 4 is 14.1 Å². The zero-order valence-corrected chi connectivity index (χ0v) is 14.0. The van der Waals surface area contributed by atoms with E-state index in [9.17, 15) is 4.79 Å². The van der Waals surface area contributed by atoms with Crippen molar-refractivity contribution in [2.75, 3.05) is 0 Å². The Kier molecular flexibility index (Phi) is 5.19. The molecule has 0 aromatic rings. The second-order valence-electron chi connectivity index (χ2n) is 7.14. The fourth-order valence-electron chi connectivity index (χ4n) is 2.41. The molecule has 0 radical (unpaired) electrons. The highest BCUT2D eigenvalue weighted by Crippen LogP contribution is 2.39. The van der Waals surface area contributed by atoms with E-state index in [2.05, 4.69) is 40.8 Å². The fourth-order valence-corrected chi connectivity index (χ4v) is 3.85.